The van der Waals surface area contributed by atoms with Crippen LogP contribution in [0.2, 0.25) is 0 Å². The Kier molecular flexibility index (Phi) is 5.49. The predicted octanol–water partition coefficient (Wildman–Crippen LogP) is 4.83. The summed E-state index contributed by atoms with van der Waals surface area (Å²) in [4.78, 5) is 18.5. The summed E-state index contributed by atoms with van der Waals surface area (Å²) in [6, 6.07) is 21.6. The Morgan fingerprint density at radius 3 is 2.57 bits per heavy atom. The average Bonchev–Trinajstić information content (AvgIpc) is 2.75. The van der Waals surface area contributed by atoms with Gasteiger partial charge in [-0.25, -0.2) is 4.79 Å². The van der Waals surface area contributed by atoms with E-state index in [1.807, 2.05) is 36.5 Å². The van der Waals surface area contributed by atoms with Crippen LogP contribution in [-0.2, 0) is 6.54 Å². The van der Waals surface area contributed by atoms with Gasteiger partial charge < -0.3 is 5.11 Å². The summed E-state index contributed by atoms with van der Waals surface area (Å²) in [6.45, 7) is 3.04. The van der Waals surface area contributed by atoms with E-state index in [1.54, 1.807) is 12.1 Å². The molecule has 0 saturated carbocycles. The van der Waals surface area contributed by atoms with Crippen LogP contribution < -0.4 is 0 Å². The minimum Gasteiger partial charge on any atom is -0.478 e. The molecule has 2 heterocycles. The summed E-state index contributed by atoms with van der Waals surface area (Å²) in [5, 5.41) is 9.40. The van der Waals surface area contributed by atoms with Gasteiger partial charge in [0.2, 0.25) is 0 Å². The SMILES string of the molecule is O=C(O)c1ccccc1-c1ccc(CN2CCC[C@H](c3ccccn3)C2)cc1. The van der Waals surface area contributed by atoms with Crippen molar-refractivity contribution in [2.75, 3.05) is 13.1 Å². The Morgan fingerprint density at radius 1 is 1.04 bits per heavy atom. The third-order valence-electron chi connectivity index (χ3n) is 5.44. The number of nitrogens with zero attached hydrogens (tertiary/aromatic N) is 2. The van der Waals surface area contributed by atoms with Crippen LogP contribution >= 0.6 is 0 Å². The maximum absolute atomic E-state index is 11.5. The number of piperidine rings is 1. The normalized spacial score (nSPS) is 17.4. The minimum atomic E-state index is -0.895. The van der Waals surface area contributed by atoms with Gasteiger partial charge in [0, 0.05) is 30.9 Å². The van der Waals surface area contributed by atoms with Crippen molar-refractivity contribution in [1.82, 2.24) is 9.88 Å². The third kappa shape index (κ3) is 4.12. The van der Waals surface area contributed by atoms with Gasteiger partial charge in [0.1, 0.15) is 0 Å². The zero-order valence-corrected chi connectivity index (χ0v) is 15.8. The molecule has 1 N–H and O–H groups in total. The van der Waals surface area contributed by atoms with Gasteiger partial charge in [-0.15, -0.1) is 0 Å². The predicted molar refractivity (Wildman–Crippen MR) is 110 cm³/mol. The van der Waals surface area contributed by atoms with Crippen molar-refractivity contribution in [2.24, 2.45) is 0 Å². The molecule has 0 unspecified atom stereocenters. The van der Waals surface area contributed by atoms with Crippen molar-refractivity contribution >= 4 is 5.97 Å². The molecular formula is C24H24N2O2. The highest BCUT2D eigenvalue weighted by Gasteiger charge is 2.22. The van der Waals surface area contributed by atoms with Crippen molar-refractivity contribution < 1.29 is 9.90 Å². The van der Waals surface area contributed by atoms with Crippen LogP contribution in [0.1, 0.15) is 40.4 Å². The standard InChI is InChI=1S/C24H24N2O2/c27-24(28)22-8-2-1-7-21(22)19-12-10-18(11-13-19)16-26-15-5-6-20(17-26)23-9-3-4-14-25-23/h1-4,7-14,20H,5-6,15-17H2,(H,27,28)/t20-/m0/s1. The highest BCUT2D eigenvalue weighted by molar-refractivity contribution is 5.95. The second kappa shape index (κ2) is 8.36. The fourth-order valence-electron chi connectivity index (χ4n) is 4.03. The molecule has 1 aromatic heterocycles. The number of pyridine rings is 1. The maximum atomic E-state index is 11.5. The van der Waals surface area contributed by atoms with Crippen LogP contribution in [0.25, 0.3) is 11.1 Å². The second-order valence-electron chi connectivity index (χ2n) is 7.38. The lowest BCUT2D eigenvalue weighted by Crippen LogP contribution is -2.34. The molecule has 0 aliphatic carbocycles. The van der Waals surface area contributed by atoms with Gasteiger partial charge in [0.05, 0.1) is 5.56 Å². The first-order valence-corrected chi connectivity index (χ1v) is 9.75. The van der Waals surface area contributed by atoms with E-state index in [-0.39, 0.29) is 0 Å². The molecule has 1 saturated heterocycles. The first-order chi connectivity index (χ1) is 13.7. The van der Waals surface area contributed by atoms with Crippen LogP contribution in [0, 0.1) is 0 Å². The highest BCUT2D eigenvalue weighted by atomic mass is 16.4. The number of aromatic carboxylic acids is 1. The van der Waals surface area contributed by atoms with Crippen LogP contribution in [0.5, 0.6) is 0 Å². The van der Waals surface area contributed by atoms with Crippen LogP contribution in [0.3, 0.4) is 0 Å². The number of aromatic nitrogens is 1. The molecule has 4 nitrogen and oxygen atoms in total. The molecule has 3 aromatic rings. The molecule has 0 radical (unpaired) electrons. The molecule has 0 spiro atoms. The highest BCUT2D eigenvalue weighted by Crippen LogP contribution is 2.28. The average molecular weight is 372 g/mol. The Bertz CT molecular complexity index is 938. The van der Waals surface area contributed by atoms with E-state index in [1.165, 1.54) is 24.1 Å². The molecule has 28 heavy (non-hydrogen) atoms. The first-order valence-electron chi connectivity index (χ1n) is 9.75. The van der Waals surface area contributed by atoms with Crippen molar-refractivity contribution in [3.8, 4) is 11.1 Å². The smallest absolute Gasteiger partial charge is 0.336 e. The van der Waals surface area contributed by atoms with Gasteiger partial charge in [-0.3, -0.25) is 9.88 Å². The van der Waals surface area contributed by atoms with E-state index >= 15 is 0 Å². The van der Waals surface area contributed by atoms with E-state index in [0.717, 1.165) is 30.8 Å². The van der Waals surface area contributed by atoms with Gasteiger partial charge in [0.15, 0.2) is 0 Å². The van der Waals surface area contributed by atoms with Crippen molar-refractivity contribution in [1.29, 1.82) is 0 Å². The van der Waals surface area contributed by atoms with E-state index in [4.69, 9.17) is 0 Å². The summed E-state index contributed by atoms with van der Waals surface area (Å²) in [5.74, 6) is -0.398. The maximum Gasteiger partial charge on any atom is 0.336 e. The third-order valence-corrected chi connectivity index (χ3v) is 5.44. The molecule has 1 aliphatic heterocycles. The molecule has 4 heteroatoms. The summed E-state index contributed by atoms with van der Waals surface area (Å²) < 4.78 is 0. The lowest BCUT2D eigenvalue weighted by molar-refractivity contribution is 0.0697. The molecule has 1 aliphatic rings. The molecule has 1 fully saturated rings. The number of carboxylic acids is 1. The molecule has 1 atom stereocenters. The first kappa shape index (κ1) is 18.4. The number of rotatable bonds is 5. The molecule has 4 rings (SSSR count). The minimum absolute atomic E-state index is 0.337. The number of carboxylic acid groups (broad SMARTS) is 1. The van der Waals surface area contributed by atoms with E-state index in [0.29, 0.717) is 11.5 Å². The zero-order valence-electron chi connectivity index (χ0n) is 15.8. The van der Waals surface area contributed by atoms with E-state index in [2.05, 4.69) is 34.1 Å². The Morgan fingerprint density at radius 2 is 1.82 bits per heavy atom. The van der Waals surface area contributed by atoms with E-state index < -0.39 is 5.97 Å². The number of likely N-dealkylation sites (tertiary alicyclic amines) is 1. The Labute approximate surface area is 165 Å². The summed E-state index contributed by atoms with van der Waals surface area (Å²) in [7, 11) is 0. The quantitative estimate of drug-likeness (QED) is 0.697. The van der Waals surface area contributed by atoms with Crippen molar-refractivity contribution in [3.63, 3.8) is 0 Å². The Balaban J connectivity index is 1.46. The largest absolute Gasteiger partial charge is 0.478 e. The molecule has 2 aromatic carbocycles. The van der Waals surface area contributed by atoms with Gasteiger partial charge in [-0.05, 0) is 54.3 Å². The second-order valence-corrected chi connectivity index (χ2v) is 7.38. The number of carbonyl (C=O) groups is 1. The number of benzene rings is 2. The lowest BCUT2D eigenvalue weighted by Gasteiger charge is -2.32. The summed E-state index contributed by atoms with van der Waals surface area (Å²) in [6.07, 6.45) is 4.26. The van der Waals surface area contributed by atoms with Crippen molar-refractivity contribution in [2.45, 2.75) is 25.3 Å². The van der Waals surface area contributed by atoms with E-state index in [9.17, 15) is 9.90 Å². The summed E-state index contributed by atoms with van der Waals surface area (Å²) in [5.41, 5.74) is 4.47. The van der Waals surface area contributed by atoms with Crippen LogP contribution in [0.15, 0.2) is 72.9 Å². The molecule has 0 bridgehead atoms. The summed E-state index contributed by atoms with van der Waals surface area (Å²) >= 11 is 0. The van der Waals surface area contributed by atoms with Gasteiger partial charge in [0.25, 0.3) is 0 Å². The van der Waals surface area contributed by atoms with Crippen LogP contribution in [-0.4, -0.2) is 34.0 Å². The topological polar surface area (TPSA) is 53.4 Å². The number of hydrogen-bond acceptors (Lipinski definition) is 3. The fourth-order valence-corrected chi connectivity index (χ4v) is 4.03. The van der Waals surface area contributed by atoms with Gasteiger partial charge in [-0.1, -0.05) is 48.5 Å². The molecule has 142 valence electrons. The molecular weight excluding hydrogens is 348 g/mol. The van der Waals surface area contributed by atoms with Crippen LogP contribution in [0.4, 0.5) is 0 Å². The monoisotopic (exact) mass is 372 g/mol. The number of hydrogen-bond donors (Lipinski definition) is 1. The van der Waals surface area contributed by atoms with Gasteiger partial charge >= 0.3 is 5.97 Å². The van der Waals surface area contributed by atoms with Gasteiger partial charge in [-0.2, -0.15) is 0 Å². The van der Waals surface area contributed by atoms with Crippen molar-refractivity contribution in [3.05, 3.63) is 89.7 Å². The lowest BCUT2D eigenvalue weighted by atomic mass is 9.93. The zero-order chi connectivity index (χ0) is 19.3. The fraction of sp³-hybridized carbons (Fsp3) is 0.250. The Hall–Kier alpha value is -2.98. The molecule has 0 amide bonds.